The molecule has 0 bridgehead atoms. The molecular weight excluding hydrogens is 693 g/mol. The first-order chi connectivity index (χ1) is 22.7. The maximum absolute atomic E-state index is 11.0. The molecule has 0 heterocycles. The Labute approximate surface area is 359 Å². The summed E-state index contributed by atoms with van der Waals surface area (Å²) in [6, 6.07) is 35.1. The third-order valence-electron chi connectivity index (χ3n) is 8.30. The summed E-state index contributed by atoms with van der Waals surface area (Å²) in [6.45, 7) is 12.7. The van der Waals surface area contributed by atoms with Gasteiger partial charge in [0.25, 0.3) is 0 Å². The average Bonchev–Trinajstić information content (AvgIpc) is 3.05. The van der Waals surface area contributed by atoms with Crippen LogP contribution in [0.3, 0.4) is 0 Å². The third-order valence-corrected chi connectivity index (χ3v) is 9.15. The van der Waals surface area contributed by atoms with Gasteiger partial charge in [0.15, 0.2) is 0 Å². The molecule has 4 unspecified atom stereocenters. The van der Waals surface area contributed by atoms with Gasteiger partial charge in [0.2, 0.25) is 0 Å². The number of hydrogen-bond donors (Lipinski definition) is 0. The molecule has 4 atom stereocenters. The van der Waals surface area contributed by atoms with E-state index in [4.69, 9.17) is 17.5 Å². The Morgan fingerprint density at radius 3 is 1.21 bits per heavy atom. The van der Waals surface area contributed by atoms with Crippen LogP contribution in [-0.2, 0) is 26.1 Å². The Morgan fingerprint density at radius 1 is 0.596 bits per heavy atom. The molecule has 0 aliphatic carbocycles. The molecule has 4 aromatic rings. The maximum Gasteiger partial charge on any atom is 1.00 e. The minimum Gasteiger partial charge on any atom is -0.870 e. The maximum atomic E-state index is 11.0. The van der Waals surface area contributed by atoms with Crippen molar-refractivity contribution in [3.63, 3.8) is 0 Å². The quantitative estimate of drug-likeness (QED) is 0.110. The van der Waals surface area contributed by atoms with E-state index in [0.717, 1.165) is 16.7 Å². The monoisotopic (exact) mass is 748 g/mol. The van der Waals surface area contributed by atoms with E-state index in [-0.39, 0.29) is 101 Å². The van der Waals surface area contributed by atoms with E-state index < -0.39 is 10.1 Å². The van der Waals surface area contributed by atoms with E-state index in [9.17, 15) is 13.0 Å². The second-order valence-electron chi connectivity index (χ2n) is 12.8. The standard InChI is InChI=1S/C20H26BNO.C19H25NO4S.CH4.2Na.H2O/c1-15(2)20(19-8-6-5-7-9-19)22(4)23-16(3)18-12-10-17(14-21)11-13-18;1-14(2)19(17-8-6-5-7-9-17)20(4)24-15(3)16-10-12-18(13-11-16)25(21,22)23;;;;/h5-13,15-16,20H,14H2,1-4H3;5-15,19H,1-4H3,(H,21,22,23);1H4;;;1H2/q;;;2*+1;/p-2. The SMILES string of the molecule is C.CC(ON(C)C(c1ccccc1)C(C)C)c1ccc(S(=O)(=O)[O-])cc1.[B]Cc1ccc(C(C)ON(C)C(c2ccccc2)C(C)C)cc1.[Na+].[Na+].[OH-]. The predicted octanol–water partition coefficient (Wildman–Crippen LogP) is 3.06. The summed E-state index contributed by atoms with van der Waals surface area (Å²) in [5.41, 5.74) is 5.54. The van der Waals surface area contributed by atoms with Gasteiger partial charge >= 0.3 is 59.1 Å². The van der Waals surface area contributed by atoms with Gasteiger partial charge in [-0.25, -0.2) is 8.42 Å². The van der Waals surface area contributed by atoms with Gasteiger partial charge in [-0.1, -0.05) is 144 Å². The minimum atomic E-state index is -4.43. The Kier molecular flexibility index (Phi) is 26.1. The molecule has 1 N–H and O–H groups in total. The zero-order valence-corrected chi connectivity index (χ0v) is 36.7. The van der Waals surface area contributed by atoms with E-state index in [2.05, 4.69) is 95.3 Å². The van der Waals surface area contributed by atoms with Crippen molar-refractivity contribution in [2.24, 2.45) is 11.8 Å². The van der Waals surface area contributed by atoms with Crippen molar-refractivity contribution in [3.8, 4) is 0 Å². The van der Waals surface area contributed by atoms with E-state index in [1.807, 2.05) is 55.4 Å². The van der Waals surface area contributed by atoms with Crippen molar-refractivity contribution in [2.75, 3.05) is 14.1 Å². The Hall–Kier alpha value is -1.35. The number of hydroxylamine groups is 4. The number of hydrogen-bond acceptors (Lipinski definition) is 8. The second kappa shape index (κ2) is 25.7. The number of nitrogens with zero attached hydrogens (tertiary/aromatic N) is 2. The van der Waals surface area contributed by atoms with Crippen LogP contribution < -0.4 is 59.1 Å². The van der Waals surface area contributed by atoms with Crippen LogP contribution in [0, 0.1) is 11.8 Å². The van der Waals surface area contributed by atoms with E-state index in [1.165, 1.54) is 23.3 Å². The van der Waals surface area contributed by atoms with Gasteiger partial charge in [0, 0.05) is 14.1 Å². The van der Waals surface area contributed by atoms with Crippen LogP contribution in [0.1, 0.15) is 101 Å². The predicted molar refractivity (Wildman–Crippen MR) is 202 cm³/mol. The van der Waals surface area contributed by atoms with Crippen molar-refractivity contribution >= 4 is 18.0 Å². The first-order valence-electron chi connectivity index (χ1n) is 16.5. The van der Waals surface area contributed by atoms with Gasteiger partial charge in [-0.15, -0.1) is 0 Å². The molecule has 8 nitrogen and oxygen atoms in total. The first kappa shape index (κ1) is 52.8. The molecule has 0 aromatic heterocycles. The summed E-state index contributed by atoms with van der Waals surface area (Å²) < 4.78 is 33.1. The summed E-state index contributed by atoms with van der Waals surface area (Å²) in [7, 11) is 5.13. The smallest absolute Gasteiger partial charge is 0.870 e. The van der Waals surface area contributed by atoms with Gasteiger partial charge in [-0.2, -0.15) is 10.1 Å². The molecule has 0 spiro atoms. The molecule has 0 aliphatic rings. The average molecular weight is 749 g/mol. The molecule has 2 radical (unpaired) electrons. The summed E-state index contributed by atoms with van der Waals surface area (Å²) in [5.74, 6) is 0.793. The van der Waals surface area contributed by atoms with Crippen molar-refractivity contribution in [2.45, 2.75) is 84.5 Å². The second-order valence-corrected chi connectivity index (χ2v) is 14.1. The molecule has 0 aliphatic heterocycles. The fourth-order valence-electron chi connectivity index (χ4n) is 5.91. The fraction of sp³-hybridized carbons (Fsp3) is 0.400. The van der Waals surface area contributed by atoms with Gasteiger partial charge in [-0.3, -0.25) is 9.68 Å². The van der Waals surface area contributed by atoms with Crippen LogP contribution in [0.25, 0.3) is 0 Å². The van der Waals surface area contributed by atoms with E-state index in [0.29, 0.717) is 18.2 Å². The van der Waals surface area contributed by atoms with Crippen LogP contribution in [0.2, 0.25) is 0 Å². The van der Waals surface area contributed by atoms with Gasteiger partial charge < -0.3 is 10.0 Å². The Bertz CT molecular complexity index is 1620. The van der Waals surface area contributed by atoms with Crippen molar-refractivity contribution < 1.29 is 87.2 Å². The minimum absolute atomic E-state index is 0. The summed E-state index contributed by atoms with van der Waals surface area (Å²) in [6.07, 6.45) is 0.286. The van der Waals surface area contributed by atoms with Crippen LogP contribution in [0.5, 0.6) is 0 Å². The van der Waals surface area contributed by atoms with Gasteiger partial charge in [0.1, 0.15) is 22.3 Å². The molecule has 0 fully saturated rings. The first-order valence-corrected chi connectivity index (χ1v) is 17.9. The summed E-state index contributed by atoms with van der Waals surface area (Å²) >= 11 is 0. The molecule has 12 heteroatoms. The third kappa shape index (κ3) is 16.2. The molecule has 52 heavy (non-hydrogen) atoms. The van der Waals surface area contributed by atoms with Crippen molar-refractivity contribution in [1.82, 2.24) is 10.1 Å². The fourth-order valence-corrected chi connectivity index (χ4v) is 6.38. The topological polar surface area (TPSA) is 112 Å². The number of rotatable bonds is 14. The van der Waals surface area contributed by atoms with Gasteiger partial charge in [0.05, 0.1) is 24.8 Å². The summed E-state index contributed by atoms with van der Waals surface area (Å²) in [4.78, 5) is 12.0. The summed E-state index contributed by atoms with van der Waals surface area (Å²) in [5, 5.41) is 3.82. The molecule has 4 aromatic carbocycles. The number of benzene rings is 4. The van der Waals surface area contributed by atoms with E-state index >= 15 is 0 Å². The van der Waals surface area contributed by atoms with Crippen LogP contribution in [-0.4, -0.2) is 50.5 Å². The van der Waals surface area contributed by atoms with E-state index in [1.54, 1.807) is 12.1 Å². The Balaban J connectivity index is 0. The van der Waals surface area contributed by atoms with Crippen LogP contribution in [0.4, 0.5) is 0 Å². The molecule has 0 amide bonds. The Morgan fingerprint density at radius 2 is 0.923 bits per heavy atom. The molecular formula is C40H55BN2Na2O6S. The molecule has 4 rings (SSSR count). The molecule has 0 saturated heterocycles. The van der Waals surface area contributed by atoms with Gasteiger partial charge in [-0.05, 0) is 60.1 Å². The largest absolute Gasteiger partial charge is 1.00 e. The normalized spacial score (nSPS) is 13.3. The molecule has 0 saturated carbocycles. The van der Waals surface area contributed by atoms with Crippen molar-refractivity contribution in [1.29, 1.82) is 0 Å². The van der Waals surface area contributed by atoms with Crippen molar-refractivity contribution in [3.05, 3.63) is 137 Å². The zero-order valence-electron chi connectivity index (χ0n) is 31.9. The zero-order chi connectivity index (χ0) is 35.4. The van der Waals surface area contributed by atoms with Crippen LogP contribution in [0.15, 0.2) is 114 Å². The van der Waals surface area contributed by atoms with Crippen LogP contribution >= 0.6 is 0 Å². The molecule has 272 valence electrons.